The van der Waals surface area contributed by atoms with E-state index in [0.717, 1.165) is 12.1 Å². The van der Waals surface area contributed by atoms with Crippen LogP contribution < -0.4 is 0 Å². The van der Waals surface area contributed by atoms with E-state index in [9.17, 15) is 8.78 Å². The smallest absolute Gasteiger partial charge is 0.0489 e. The first kappa shape index (κ1) is 17.5. The number of benzene rings is 1. The Morgan fingerprint density at radius 3 is 2.57 bits per heavy atom. The van der Waals surface area contributed by atoms with Crippen molar-refractivity contribution >= 4 is 0 Å². The van der Waals surface area contributed by atoms with Crippen LogP contribution in [0.4, 0.5) is 8.78 Å². The van der Waals surface area contributed by atoms with Gasteiger partial charge in [-0.3, -0.25) is 13.5 Å². The molecule has 0 unspecified atom stereocenters. The quantitative estimate of drug-likeness (QED) is 0.457. The van der Waals surface area contributed by atoms with Gasteiger partial charge in [0, 0.05) is 36.8 Å². The van der Waals surface area contributed by atoms with Gasteiger partial charge in [0.1, 0.15) is 0 Å². The van der Waals surface area contributed by atoms with Gasteiger partial charge in [0.05, 0.1) is 0 Å². The molecule has 0 bridgehead atoms. The molecule has 1 N–H and O–H groups in total. The van der Waals surface area contributed by atoms with Crippen LogP contribution in [0, 0.1) is 17.7 Å². The summed E-state index contributed by atoms with van der Waals surface area (Å²) in [5.41, 5.74) is 7.45. The van der Waals surface area contributed by atoms with Crippen LogP contribution in [0.1, 0.15) is 0 Å². The maximum atomic E-state index is 13.2. The van der Waals surface area contributed by atoms with E-state index in [1.807, 2.05) is 12.3 Å². The normalized spacial score (nSPS) is 9.52. The predicted octanol–water partition coefficient (Wildman–Crippen LogP) is 3.76. The minimum absolute atomic E-state index is 0. The summed E-state index contributed by atoms with van der Waals surface area (Å²) in [6.45, 7) is 1.11. The first-order valence-electron chi connectivity index (χ1n) is 6.61. The zero-order valence-corrected chi connectivity index (χ0v) is 14.1. The average Bonchev–Trinajstić information content (AvgIpc) is 3.02. The Labute approximate surface area is 127 Å². The molecule has 0 aliphatic heterocycles. The van der Waals surface area contributed by atoms with Gasteiger partial charge in [0.2, 0.25) is 0 Å². The Balaban J connectivity index is 0.000000253. The van der Waals surface area contributed by atoms with Gasteiger partial charge in [-0.2, -0.15) is 5.10 Å². The van der Waals surface area contributed by atoms with Gasteiger partial charge in [-0.25, -0.2) is 0 Å². The van der Waals surface area contributed by atoms with Crippen LogP contribution in [0.15, 0.2) is 55.0 Å². The zero-order valence-electron chi connectivity index (χ0n) is 12.0. The summed E-state index contributed by atoms with van der Waals surface area (Å²) in [7, 11) is 0. The monoisotopic (exact) mass is 562 g/mol. The third-order valence-corrected chi connectivity index (χ3v) is 2.68. The Morgan fingerprint density at radius 1 is 1.17 bits per heavy atom. The van der Waals surface area contributed by atoms with Gasteiger partial charge in [-0.15, -0.1) is 18.7 Å². The van der Waals surface area contributed by atoms with Crippen molar-refractivity contribution in [2.24, 2.45) is 0 Å². The minimum Gasteiger partial charge on any atom is -0.676 e. The summed E-state index contributed by atoms with van der Waals surface area (Å²) in [6.07, 6.45) is 5.12. The van der Waals surface area contributed by atoms with Gasteiger partial charge >= 0.3 is 0 Å². The summed E-state index contributed by atoms with van der Waals surface area (Å²) < 4.78 is 27.5. The zero-order chi connectivity index (χ0) is 15.8. The molecule has 3 aromatic rings. The molecule has 23 heavy (non-hydrogen) atoms. The summed E-state index contributed by atoms with van der Waals surface area (Å²) in [6, 6.07) is 11.4. The Kier molecular flexibility index (Phi) is 6.55. The van der Waals surface area contributed by atoms with E-state index in [-0.39, 0.29) is 5.56 Å². The van der Waals surface area contributed by atoms with Crippen molar-refractivity contribution in [1.29, 1.82) is 0 Å². The molecule has 0 saturated carbocycles. The Bertz CT molecular complexity index is 691. The predicted molar refractivity (Wildman–Crippen MR) is 79.8 cm³/mol. The SMILES string of the molecule is Fc1c[c-]c(-c2ccccn2)c(F)c1.[Lr].[NH-]CCn1cccn1. The number of aromatic nitrogens is 3. The van der Waals surface area contributed by atoms with Crippen LogP contribution in [-0.2, 0) is 6.54 Å². The van der Waals surface area contributed by atoms with E-state index in [2.05, 4.69) is 16.1 Å². The van der Waals surface area contributed by atoms with Crippen molar-refractivity contribution in [2.45, 2.75) is 6.54 Å². The van der Waals surface area contributed by atoms with Crippen molar-refractivity contribution in [3.05, 3.63) is 78.4 Å². The molecule has 2 heterocycles. The topological polar surface area (TPSA) is 54.5 Å². The number of halogens is 2. The largest absolute Gasteiger partial charge is 0.676 e. The van der Waals surface area contributed by atoms with Gasteiger partial charge in [-0.1, -0.05) is 23.8 Å². The standard InChI is InChI=1S/C11H6F2N.C5H8N3.Lr/c12-8-4-5-9(10(13)7-8)11-3-1-2-6-14-11;6-2-5-8-4-1-3-7-8;/h1-4,6-7H;1,3-4,6H,2,5H2;/q2*-1;. The van der Waals surface area contributed by atoms with Crippen LogP contribution in [0.5, 0.6) is 0 Å². The number of pyridine rings is 1. The number of hydrogen-bond acceptors (Lipinski definition) is 2. The molecule has 0 atom stereocenters. The molecule has 4 nitrogen and oxygen atoms in total. The molecule has 0 aliphatic rings. The fourth-order valence-electron chi connectivity index (χ4n) is 1.70. The van der Waals surface area contributed by atoms with Gasteiger partial charge in [0.25, 0.3) is 0 Å². The fourth-order valence-corrected chi connectivity index (χ4v) is 1.70. The van der Waals surface area contributed by atoms with E-state index in [1.165, 1.54) is 0 Å². The molecule has 1 radical (unpaired) electrons. The van der Waals surface area contributed by atoms with E-state index in [0.29, 0.717) is 18.8 Å². The molecule has 1 aromatic carbocycles. The third kappa shape index (κ3) is 5.02. The number of nitrogens with one attached hydrogen (secondary N) is 1. The molecule has 7 heteroatoms. The Hall–Kier alpha value is -3.60. The van der Waals surface area contributed by atoms with Crippen molar-refractivity contribution < 1.29 is 8.78 Å². The molecule has 0 fully saturated rings. The van der Waals surface area contributed by atoms with Gasteiger partial charge in [0.15, 0.2) is 0 Å². The molecular weight excluding hydrogens is 548 g/mol. The summed E-state index contributed by atoms with van der Waals surface area (Å²) in [4.78, 5) is 3.95. The van der Waals surface area contributed by atoms with Crippen molar-refractivity contribution in [3.8, 4) is 11.3 Å². The van der Waals surface area contributed by atoms with Crippen LogP contribution in [0.3, 0.4) is 0 Å². The van der Waals surface area contributed by atoms with Crippen molar-refractivity contribution in [2.75, 3.05) is 6.54 Å². The molecule has 0 amide bonds. The van der Waals surface area contributed by atoms with Gasteiger partial charge in [-0.05, 0) is 17.8 Å². The molecule has 0 spiro atoms. The molecule has 2 aromatic heterocycles. The molecule has 0 saturated heterocycles. The second-order valence-corrected chi connectivity index (χ2v) is 4.27. The fraction of sp³-hybridized carbons (Fsp3) is 0.125. The van der Waals surface area contributed by atoms with Crippen LogP contribution >= 0.6 is 0 Å². The first-order valence-corrected chi connectivity index (χ1v) is 6.61. The van der Waals surface area contributed by atoms with Crippen LogP contribution in [0.25, 0.3) is 17.0 Å². The Morgan fingerprint density at radius 2 is 2.00 bits per heavy atom. The molecule has 3 rings (SSSR count). The van der Waals surface area contributed by atoms with E-state index >= 15 is 0 Å². The summed E-state index contributed by atoms with van der Waals surface area (Å²) in [5.74, 6) is -1.29. The van der Waals surface area contributed by atoms with Crippen molar-refractivity contribution in [3.63, 3.8) is 0 Å². The van der Waals surface area contributed by atoms with Crippen molar-refractivity contribution in [1.82, 2.24) is 14.8 Å². The number of hydrogen-bond donors (Lipinski definition) is 0. The van der Waals surface area contributed by atoms with Gasteiger partial charge < -0.3 is 10.7 Å². The number of rotatable bonds is 3. The second kappa shape index (κ2) is 8.63. The molecule has 129 valence electrons. The van der Waals surface area contributed by atoms with Crippen LogP contribution in [0.2, 0.25) is 0 Å². The molecular formula is C16H14F2LrN4-2. The summed E-state index contributed by atoms with van der Waals surface area (Å²) in [5, 5.41) is 3.90. The first-order chi connectivity index (χ1) is 10.7. The van der Waals surface area contributed by atoms with E-state index in [4.69, 9.17) is 5.73 Å². The second-order valence-electron chi connectivity index (χ2n) is 4.27. The number of nitrogens with zero attached hydrogens (tertiary/aromatic N) is 3. The van der Waals surface area contributed by atoms with E-state index in [1.54, 1.807) is 35.3 Å². The maximum absolute atomic E-state index is 13.2. The van der Waals surface area contributed by atoms with Crippen LogP contribution in [-0.4, -0.2) is 21.3 Å². The minimum atomic E-state index is -0.649. The van der Waals surface area contributed by atoms with E-state index < -0.39 is 11.6 Å². The maximum Gasteiger partial charge on any atom is 0.0489 e. The third-order valence-electron chi connectivity index (χ3n) is 2.68. The average molecular weight is 562 g/mol. The molecule has 0 aliphatic carbocycles. The summed E-state index contributed by atoms with van der Waals surface area (Å²) >= 11 is 0.